The third-order valence-corrected chi connectivity index (χ3v) is 0. The number of hydrogen-bond donors (Lipinski definition) is 0. The van der Waals surface area contributed by atoms with Crippen LogP contribution < -0.4 is 0 Å². The van der Waals surface area contributed by atoms with Crippen LogP contribution in [0.4, 0.5) is 0 Å². The van der Waals surface area contributed by atoms with E-state index in [1.807, 2.05) is 15.9 Å². The Hall–Kier alpha value is 0.408. The first kappa shape index (κ1) is 9.65. The van der Waals surface area contributed by atoms with Crippen LogP contribution in [0.5, 0.6) is 0 Å². The molecule has 0 saturated heterocycles. The standard InChI is InChI=1S/Fe.4O.W. The molecule has 0 heterocycles. The molecule has 0 unspecified atom stereocenters. The Bertz CT molecular complexity index is 87.7. The van der Waals surface area contributed by atoms with Crippen LogP contribution in [-0.4, -0.2) is 0 Å². The van der Waals surface area contributed by atoms with Crippen LogP contribution in [0.1, 0.15) is 0 Å². The minimum atomic E-state index is -4.28. The zero-order valence-electron chi connectivity index (χ0n) is 2.39. The second kappa shape index (κ2) is 9.05. The Morgan fingerprint density at radius 1 is 1.00 bits per heavy atom. The van der Waals surface area contributed by atoms with Gasteiger partial charge in [-0.2, -0.15) is 0 Å². The third-order valence-electron chi connectivity index (χ3n) is 0. The van der Waals surface area contributed by atoms with Crippen LogP contribution in [0.15, 0.2) is 0 Å². The van der Waals surface area contributed by atoms with Gasteiger partial charge in [-0.25, -0.2) is 0 Å². The Morgan fingerprint density at radius 2 is 1.00 bits per heavy atom. The molecule has 0 saturated carbocycles. The van der Waals surface area contributed by atoms with E-state index in [4.69, 9.17) is 14.0 Å². The summed E-state index contributed by atoms with van der Waals surface area (Å²) in [5.41, 5.74) is 0. The van der Waals surface area contributed by atoms with Gasteiger partial charge in [0.15, 0.2) is 0 Å². The van der Waals surface area contributed by atoms with E-state index in [0.29, 0.717) is 0 Å². The van der Waals surface area contributed by atoms with E-state index >= 15 is 0 Å². The van der Waals surface area contributed by atoms with Gasteiger partial charge in [-0.05, 0) is 0 Å². The van der Waals surface area contributed by atoms with Gasteiger partial charge in [0.05, 0.1) is 0 Å². The zero-order valence-corrected chi connectivity index (χ0v) is 6.43. The van der Waals surface area contributed by atoms with Crippen molar-refractivity contribution in [1.29, 1.82) is 0 Å². The summed E-state index contributed by atoms with van der Waals surface area (Å²) >= 11 is -2.28. The fourth-order valence-electron chi connectivity index (χ4n) is 0. The Morgan fingerprint density at radius 3 is 1.00 bits per heavy atom. The Balaban J connectivity index is 0. The van der Waals surface area contributed by atoms with E-state index in [0.717, 1.165) is 0 Å². The van der Waals surface area contributed by atoms with E-state index in [9.17, 15) is 0 Å². The molecule has 4 nitrogen and oxygen atoms in total. The minimum absolute atomic E-state index is 2.00. The summed E-state index contributed by atoms with van der Waals surface area (Å²) in [6.45, 7) is 0. The number of hydrogen-bond acceptors (Lipinski definition) is 4. The van der Waals surface area contributed by atoms with Crippen LogP contribution in [-0.2, 0) is 47.2 Å². The molecule has 0 aliphatic carbocycles. The van der Waals surface area contributed by atoms with Gasteiger partial charge < -0.3 is 0 Å². The van der Waals surface area contributed by atoms with Crippen LogP contribution in [0.25, 0.3) is 0 Å². The second-order valence-corrected chi connectivity index (χ2v) is 1.67. The molecule has 0 aliphatic heterocycles. The van der Waals surface area contributed by atoms with E-state index in [1.54, 1.807) is 0 Å². The number of rotatable bonds is 0. The van der Waals surface area contributed by atoms with Gasteiger partial charge in [-0.15, -0.1) is 0 Å². The van der Waals surface area contributed by atoms with Crippen molar-refractivity contribution in [2.24, 2.45) is 0 Å². The maximum absolute atomic E-state index is 8.61. The molecule has 0 rings (SSSR count). The monoisotopic (exact) mass is 304 g/mol. The molecule has 38 valence electrons. The molecule has 0 radical (unpaired) electrons. The summed E-state index contributed by atoms with van der Waals surface area (Å²) in [4.78, 5) is 0. The molecule has 0 bridgehead atoms. The SMILES string of the molecule is [O]=[Fe].[O]=[W](=[O])=[O]. The van der Waals surface area contributed by atoms with Crippen molar-refractivity contribution >= 4 is 0 Å². The van der Waals surface area contributed by atoms with Crippen LogP contribution in [0.2, 0.25) is 0 Å². The molecule has 0 aliphatic rings. The van der Waals surface area contributed by atoms with Crippen LogP contribution in [0, 0.1) is 0 Å². The van der Waals surface area contributed by atoms with Gasteiger partial charge in [0.25, 0.3) is 0 Å². The molecule has 0 aromatic heterocycles. The molecule has 0 N–H and O–H groups in total. The molecule has 0 atom stereocenters. The summed E-state index contributed by atoms with van der Waals surface area (Å²) in [5.74, 6) is 0. The van der Waals surface area contributed by atoms with E-state index in [1.165, 1.54) is 0 Å². The normalized spacial score (nSPS) is 4.83. The second-order valence-electron chi connectivity index (χ2n) is 0.204. The predicted molar refractivity (Wildman–Crippen MR) is 2.75 cm³/mol. The predicted octanol–water partition coefficient (Wildman–Crippen LogP) is -0.480. The van der Waals surface area contributed by atoms with E-state index < -0.39 is 17.2 Å². The van der Waals surface area contributed by atoms with Gasteiger partial charge in [-0.3, -0.25) is 0 Å². The summed E-state index contributed by atoms with van der Waals surface area (Å²) in [6.07, 6.45) is 0. The van der Waals surface area contributed by atoms with Crippen molar-refractivity contribution in [3.8, 4) is 0 Å². The van der Waals surface area contributed by atoms with Gasteiger partial charge in [0.1, 0.15) is 0 Å². The summed E-state index contributed by atoms with van der Waals surface area (Å²) in [7, 11) is 0. The van der Waals surface area contributed by atoms with Gasteiger partial charge >= 0.3 is 47.2 Å². The first-order chi connectivity index (χ1) is 2.73. The first-order valence-corrected chi connectivity index (χ1v) is 4.69. The molecule has 0 aromatic rings. The first-order valence-electron chi connectivity index (χ1n) is 0.644. The van der Waals surface area contributed by atoms with Crippen molar-refractivity contribution < 1.29 is 47.2 Å². The molecule has 0 aromatic carbocycles. The summed E-state index contributed by atoms with van der Waals surface area (Å²) in [5, 5.41) is 0. The average Bonchev–Trinajstić information content (AvgIpc) is 1.41. The van der Waals surface area contributed by atoms with Crippen molar-refractivity contribution in [2.75, 3.05) is 0 Å². The van der Waals surface area contributed by atoms with E-state index in [2.05, 4.69) is 0 Å². The summed E-state index contributed by atoms with van der Waals surface area (Å²) in [6, 6.07) is 0. The van der Waals surface area contributed by atoms with Gasteiger partial charge in [0.2, 0.25) is 0 Å². The molecular formula is FeO4W. The quantitative estimate of drug-likeness (QED) is 0.567. The molecule has 0 fully saturated rings. The maximum atomic E-state index is 8.61. The topological polar surface area (TPSA) is 68.3 Å². The van der Waals surface area contributed by atoms with Crippen molar-refractivity contribution in [3.63, 3.8) is 0 Å². The fourth-order valence-corrected chi connectivity index (χ4v) is 0. The Labute approximate surface area is 47.4 Å². The van der Waals surface area contributed by atoms with Crippen molar-refractivity contribution in [1.82, 2.24) is 0 Å². The zero-order chi connectivity index (χ0) is 5.58. The molecule has 0 spiro atoms. The van der Waals surface area contributed by atoms with Crippen LogP contribution >= 0.6 is 0 Å². The third kappa shape index (κ3) is 308. The molecule has 6 heteroatoms. The average molecular weight is 304 g/mol. The van der Waals surface area contributed by atoms with Gasteiger partial charge in [-0.1, -0.05) is 0 Å². The van der Waals surface area contributed by atoms with Crippen molar-refractivity contribution in [2.45, 2.75) is 0 Å². The fraction of sp³-hybridized carbons (Fsp3) is 0. The Kier molecular flexibility index (Phi) is 14.5. The van der Waals surface area contributed by atoms with Crippen LogP contribution in [0.3, 0.4) is 0 Å². The molecular weight excluding hydrogens is 304 g/mol. The van der Waals surface area contributed by atoms with Gasteiger partial charge in [0, 0.05) is 0 Å². The molecule has 0 amide bonds. The molecule has 6 heavy (non-hydrogen) atoms. The van der Waals surface area contributed by atoms with E-state index in [-0.39, 0.29) is 0 Å². The summed E-state index contributed by atoms with van der Waals surface area (Å²) < 4.78 is 33.8. The van der Waals surface area contributed by atoms with Crippen molar-refractivity contribution in [3.05, 3.63) is 0 Å².